The average molecular weight is 373 g/mol. The normalized spacial score (nSPS) is 16.6. The second kappa shape index (κ2) is 8.56. The smallest absolute Gasteiger partial charge is 0.139 e. The largest absolute Gasteiger partial charge is 0.494 e. The summed E-state index contributed by atoms with van der Waals surface area (Å²) in [5.41, 5.74) is 3.45. The Morgan fingerprint density at radius 2 is 2.08 bits per heavy atom. The standard InChI is InChI=1S/C21H24N2O2.ClH/c1-16-7-4-8-17(15-16)24-14-6-12-23-19-10-3-2-9-18(19)22-21(23)20-11-5-13-25-20;/h2-4,7-10,15,20H,5-6,11-14H2,1H3;1H. The van der Waals surface area contributed by atoms with Crippen LogP contribution in [0.5, 0.6) is 5.75 Å². The molecular formula is C21H25ClN2O2. The Kier molecular flexibility index (Phi) is 6.17. The zero-order valence-electron chi connectivity index (χ0n) is 15.1. The number of benzene rings is 2. The lowest BCUT2D eigenvalue weighted by Crippen LogP contribution is -2.11. The molecular weight excluding hydrogens is 348 g/mol. The molecule has 0 aliphatic carbocycles. The highest BCUT2D eigenvalue weighted by Gasteiger charge is 2.24. The molecule has 5 heteroatoms. The van der Waals surface area contributed by atoms with Crippen LogP contribution in [0.3, 0.4) is 0 Å². The number of nitrogens with zero attached hydrogens (tertiary/aromatic N) is 2. The molecule has 0 N–H and O–H groups in total. The van der Waals surface area contributed by atoms with E-state index in [0.717, 1.165) is 49.5 Å². The molecule has 2 aromatic carbocycles. The Morgan fingerprint density at radius 3 is 2.88 bits per heavy atom. The van der Waals surface area contributed by atoms with Crippen molar-refractivity contribution in [1.29, 1.82) is 0 Å². The van der Waals surface area contributed by atoms with Gasteiger partial charge in [-0.15, -0.1) is 12.4 Å². The fourth-order valence-corrected chi connectivity index (χ4v) is 3.47. The summed E-state index contributed by atoms with van der Waals surface area (Å²) in [5, 5.41) is 0. The topological polar surface area (TPSA) is 36.3 Å². The number of aromatic nitrogens is 2. The maximum Gasteiger partial charge on any atom is 0.139 e. The van der Waals surface area contributed by atoms with Crippen LogP contribution in [0.2, 0.25) is 0 Å². The van der Waals surface area contributed by atoms with Crippen molar-refractivity contribution in [3.05, 3.63) is 59.9 Å². The quantitative estimate of drug-likeness (QED) is 0.565. The molecule has 1 aromatic heterocycles. The summed E-state index contributed by atoms with van der Waals surface area (Å²) in [4.78, 5) is 4.84. The van der Waals surface area contributed by atoms with Crippen LogP contribution in [0.15, 0.2) is 48.5 Å². The van der Waals surface area contributed by atoms with Gasteiger partial charge < -0.3 is 14.0 Å². The molecule has 1 unspecified atom stereocenters. The molecule has 1 aliphatic rings. The Balaban J connectivity index is 0.00000196. The van der Waals surface area contributed by atoms with Crippen LogP contribution < -0.4 is 4.74 Å². The van der Waals surface area contributed by atoms with Gasteiger partial charge >= 0.3 is 0 Å². The van der Waals surface area contributed by atoms with E-state index in [2.05, 4.69) is 41.8 Å². The average Bonchev–Trinajstić information content (AvgIpc) is 3.26. The van der Waals surface area contributed by atoms with E-state index >= 15 is 0 Å². The third kappa shape index (κ3) is 4.02. The second-order valence-electron chi connectivity index (χ2n) is 6.63. The Morgan fingerprint density at radius 1 is 1.19 bits per heavy atom. The molecule has 0 radical (unpaired) electrons. The fourth-order valence-electron chi connectivity index (χ4n) is 3.47. The molecule has 1 aliphatic heterocycles. The zero-order chi connectivity index (χ0) is 17.1. The molecule has 0 spiro atoms. The van der Waals surface area contributed by atoms with Gasteiger partial charge in [0.15, 0.2) is 0 Å². The van der Waals surface area contributed by atoms with Gasteiger partial charge in [-0.05, 0) is 56.0 Å². The maximum atomic E-state index is 5.90. The number of para-hydroxylation sites is 2. The molecule has 1 saturated heterocycles. The first-order valence-electron chi connectivity index (χ1n) is 9.07. The van der Waals surface area contributed by atoms with E-state index in [-0.39, 0.29) is 18.5 Å². The highest BCUT2D eigenvalue weighted by molar-refractivity contribution is 5.85. The van der Waals surface area contributed by atoms with Gasteiger partial charge in [0.2, 0.25) is 0 Å². The maximum absolute atomic E-state index is 5.90. The van der Waals surface area contributed by atoms with Crippen molar-refractivity contribution < 1.29 is 9.47 Å². The van der Waals surface area contributed by atoms with Gasteiger partial charge in [0.25, 0.3) is 0 Å². The van der Waals surface area contributed by atoms with Gasteiger partial charge in [-0.25, -0.2) is 4.98 Å². The minimum absolute atomic E-state index is 0. The number of hydrogen-bond donors (Lipinski definition) is 0. The van der Waals surface area contributed by atoms with Crippen LogP contribution in [-0.4, -0.2) is 22.8 Å². The van der Waals surface area contributed by atoms with Crippen LogP contribution in [0.25, 0.3) is 11.0 Å². The van der Waals surface area contributed by atoms with Crippen LogP contribution in [0.4, 0.5) is 0 Å². The number of fused-ring (bicyclic) bond motifs is 1. The predicted molar refractivity (Wildman–Crippen MR) is 106 cm³/mol. The van der Waals surface area contributed by atoms with E-state index in [1.165, 1.54) is 11.1 Å². The lowest BCUT2D eigenvalue weighted by molar-refractivity contribution is 0.102. The van der Waals surface area contributed by atoms with Gasteiger partial charge in [-0.3, -0.25) is 0 Å². The molecule has 1 fully saturated rings. The molecule has 3 aromatic rings. The van der Waals surface area contributed by atoms with Gasteiger partial charge in [0, 0.05) is 13.2 Å². The molecule has 1 atom stereocenters. The van der Waals surface area contributed by atoms with E-state index < -0.39 is 0 Å². The van der Waals surface area contributed by atoms with E-state index in [1.807, 2.05) is 18.2 Å². The molecule has 0 amide bonds. The van der Waals surface area contributed by atoms with Gasteiger partial charge in [-0.1, -0.05) is 24.3 Å². The minimum Gasteiger partial charge on any atom is -0.494 e. The minimum atomic E-state index is 0. The summed E-state index contributed by atoms with van der Waals surface area (Å²) in [5.74, 6) is 2.00. The zero-order valence-corrected chi connectivity index (χ0v) is 15.9. The van der Waals surface area contributed by atoms with E-state index in [0.29, 0.717) is 6.61 Å². The highest BCUT2D eigenvalue weighted by atomic mass is 35.5. The summed E-state index contributed by atoms with van der Waals surface area (Å²) in [7, 11) is 0. The number of hydrogen-bond acceptors (Lipinski definition) is 3. The lowest BCUT2D eigenvalue weighted by atomic mass is 10.2. The number of ether oxygens (including phenoxy) is 2. The van der Waals surface area contributed by atoms with Crippen molar-refractivity contribution in [3.8, 4) is 5.75 Å². The fraction of sp³-hybridized carbons (Fsp3) is 0.381. The van der Waals surface area contributed by atoms with Gasteiger partial charge in [0.05, 0.1) is 17.6 Å². The van der Waals surface area contributed by atoms with Crippen LogP contribution >= 0.6 is 12.4 Å². The van der Waals surface area contributed by atoms with Crippen molar-refractivity contribution in [2.45, 2.75) is 38.8 Å². The third-order valence-electron chi connectivity index (χ3n) is 4.69. The summed E-state index contributed by atoms with van der Waals surface area (Å²) in [6.07, 6.45) is 3.24. The Labute approximate surface area is 160 Å². The van der Waals surface area contributed by atoms with Crippen LogP contribution in [-0.2, 0) is 11.3 Å². The molecule has 4 nitrogen and oxygen atoms in total. The van der Waals surface area contributed by atoms with Crippen molar-refractivity contribution in [2.75, 3.05) is 13.2 Å². The number of halogens is 1. The summed E-state index contributed by atoms with van der Waals surface area (Å²) in [6.45, 7) is 4.51. The molecule has 26 heavy (non-hydrogen) atoms. The van der Waals surface area contributed by atoms with Crippen LogP contribution in [0.1, 0.15) is 36.8 Å². The SMILES string of the molecule is Cc1cccc(OCCCn2c(C3CCCO3)nc3ccccc32)c1.Cl. The van der Waals surface area contributed by atoms with Crippen molar-refractivity contribution in [2.24, 2.45) is 0 Å². The Bertz CT molecular complexity index is 856. The number of aryl methyl sites for hydroxylation is 2. The van der Waals surface area contributed by atoms with Gasteiger partial charge in [-0.2, -0.15) is 0 Å². The monoisotopic (exact) mass is 372 g/mol. The Hall–Kier alpha value is -2.04. The van der Waals surface area contributed by atoms with Crippen molar-refractivity contribution in [1.82, 2.24) is 9.55 Å². The first kappa shape index (κ1) is 18.7. The van der Waals surface area contributed by atoms with Crippen molar-refractivity contribution >= 4 is 23.4 Å². The van der Waals surface area contributed by atoms with E-state index in [1.54, 1.807) is 0 Å². The highest BCUT2D eigenvalue weighted by Crippen LogP contribution is 2.30. The van der Waals surface area contributed by atoms with Gasteiger partial charge in [0.1, 0.15) is 17.7 Å². The predicted octanol–water partition coefficient (Wildman–Crippen LogP) is 5.09. The molecule has 2 heterocycles. The molecule has 0 bridgehead atoms. The molecule has 4 rings (SSSR count). The first-order valence-corrected chi connectivity index (χ1v) is 9.07. The number of imidazole rings is 1. The van der Waals surface area contributed by atoms with Crippen LogP contribution in [0, 0.1) is 6.92 Å². The summed E-state index contributed by atoms with van der Waals surface area (Å²) in [6, 6.07) is 16.5. The molecule has 138 valence electrons. The van der Waals surface area contributed by atoms with E-state index in [9.17, 15) is 0 Å². The van der Waals surface area contributed by atoms with E-state index in [4.69, 9.17) is 14.5 Å². The second-order valence-corrected chi connectivity index (χ2v) is 6.63. The summed E-state index contributed by atoms with van der Waals surface area (Å²) < 4.78 is 14.1. The first-order chi connectivity index (χ1) is 12.3. The number of rotatable bonds is 6. The molecule has 0 saturated carbocycles. The van der Waals surface area contributed by atoms with Crippen molar-refractivity contribution in [3.63, 3.8) is 0 Å². The summed E-state index contributed by atoms with van der Waals surface area (Å²) >= 11 is 0. The lowest BCUT2D eigenvalue weighted by Gasteiger charge is -2.14. The third-order valence-corrected chi connectivity index (χ3v) is 4.69.